The van der Waals surface area contributed by atoms with Crippen molar-refractivity contribution in [1.82, 2.24) is 15.1 Å². The van der Waals surface area contributed by atoms with Gasteiger partial charge in [0.15, 0.2) is 0 Å². The predicted octanol–water partition coefficient (Wildman–Crippen LogP) is 2.60. The van der Waals surface area contributed by atoms with Crippen molar-refractivity contribution in [2.45, 2.75) is 13.0 Å². The molecule has 12 nitrogen and oxygen atoms in total. The van der Waals surface area contributed by atoms with E-state index in [9.17, 15) is 14.4 Å². The number of methoxy groups -OCH3 is 2. The summed E-state index contributed by atoms with van der Waals surface area (Å²) < 4.78 is 18.6. The first-order valence-corrected chi connectivity index (χ1v) is 13.8. The minimum absolute atomic E-state index is 0.260. The molecule has 4 heterocycles. The monoisotopic (exact) mass is 576 g/mol. The maximum atomic E-state index is 14.1. The number of hydrazine groups is 1. The third-order valence-corrected chi connectivity index (χ3v) is 8.14. The normalized spacial score (nSPS) is 17.0. The van der Waals surface area contributed by atoms with Crippen LogP contribution in [-0.2, 0) is 9.53 Å². The van der Waals surface area contributed by atoms with E-state index in [-0.39, 0.29) is 16.7 Å². The fraction of sp³-hybridized carbons (Fsp3) is 0.286. The van der Waals surface area contributed by atoms with Crippen LogP contribution in [0.2, 0.25) is 0 Å². The molecule has 1 atom stereocenters. The summed E-state index contributed by atoms with van der Waals surface area (Å²) in [5.41, 5.74) is 4.81. The molecule has 6 rings (SSSR count). The Morgan fingerprint density at radius 1 is 1.10 bits per heavy atom. The Morgan fingerprint density at radius 2 is 1.88 bits per heavy atom. The number of morpholine rings is 1. The van der Waals surface area contributed by atoms with Crippen LogP contribution in [0.4, 0.5) is 10.8 Å². The number of amides is 2. The van der Waals surface area contributed by atoms with Crippen LogP contribution in [-0.4, -0.2) is 62.0 Å². The number of anilines is 2. The van der Waals surface area contributed by atoms with Gasteiger partial charge >= 0.3 is 0 Å². The Morgan fingerprint density at radius 3 is 2.61 bits per heavy atom. The van der Waals surface area contributed by atoms with Gasteiger partial charge < -0.3 is 24.5 Å². The van der Waals surface area contributed by atoms with Crippen LogP contribution in [0.5, 0.6) is 11.5 Å². The van der Waals surface area contributed by atoms with Crippen molar-refractivity contribution < 1.29 is 23.8 Å². The quantitative estimate of drug-likeness (QED) is 0.356. The standard InChI is InChI=1S/C28H28N6O6S/c1-16-24-18(15-23(35)34(16)32-10-12-40-13-11-32)25(26(36)29-19-9-8-17(38-2)14-21(19)39-3)31-33(27(24)37)28-30-20-6-4-5-7-22(20)41-28/h4-9,14-15,25,31H,10-13H2,1-3H3,(H,29,36). The average Bonchev–Trinajstić information content (AvgIpc) is 3.42. The van der Waals surface area contributed by atoms with E-state index in [4.69, 9.17) is 14.2 Å². The van der Waals surface area contributed by atoms with Gasteiger partial charge in [0.05, 0.1) is 67.7 Å². The van der Waals surface area contributed by atoms with Crippen molar-refractivity contribution in [3.05, 3.63) is 75.7 Å². The lowest BCUT2D eigenvalue weighted by atomic mass is 9.96. The number of para-hydroxylation sites is 1. The number of nitrogens with one attached hydrogen (secondary N) is 2. The SMILES string of the molecule is COc1ccc(NC(=O)C2NN(c3nc4ccccc4s3)C(=O)c3c2cc(=O)n(N2CCOCC2)c3C)c(OC)c1. The molecule has 0 radical (unpaired) electrons. The summed E-state index contributed by atoms with van der Waals surface area (Å²) in [5, 5.41) is 6.41. The molecule has 2 amide bonds. The molecular formula is C28H28N6O6S. The lowest BCUT2D eigenvalue weighted by Crippen LogP contribution is -2.56. The fourth-order valence-corrected chi connectivity index (χ4v) is 6.06. The highest BCUT2D eigenvalue weighted by molar-refractivity contribution is 7.22. The summed E-state index contributed by atoms with van der Waals surface area (Å²) in [6.45, 7) is 3.64. The largest absolute Gasteiger partial charge is 0.497 e. The van der Waals surface area contributed by atoms with E-state index in [2.05, 4.69) is 15.7 Å². The first kappa shape index (κ1) is 26.7. The first-order chi connectivity index (χ1) is 19.9. The van der Waals surface area contributed by atoms with Crippen LogP contribution in [0, 0.1) is 6.92 Å². The zero-order valence-corrected chi connectivity index (χ0v) is 23.5. The minimum atomic E-state index is -1.09. The third kappa shape index (κ3) is 4.77. The number of aromatic nitrogens is 2. The molecule has 13 heteroatoms. The molecule has 1 saturated heterocycles. The van der Waals surface area contributed by atoms with Gasteiger partial charge in [0.25, 0.3) is 11.5 Å². The topological polar surface area (TPSA) is 127 Å². The molecule has 212 valence electrons. The van der Waals surface area contributed by atoms with Crippen LogP contribution < -0.4 is 35.8 Å². The summed E-state index contributed by atoms with van der Waals surface area (Å²) in [7, 11) is 3.03. The van der Waals surface area contributed by atoms with Crippen molar-refractivity contribution in [2.24, 2.45) is 0 Å². The third-order valence-electron chi connectivity index (χ3n) is 7.12. The molecule has 2 aliphatic rings. The maximum absolute atomic E-state index is 14.1. The smallest absolute Gasteiger partial charge is 0.276 e. The maximum Gasteiger partial charge on any atom is 0.276 e. The molecule has 2 aromatic carbocycles. The first-order valence-electron chi connectivity index (χ1n) is 13.0. The number of hydrogen-bond acceptors (Lipinski definition) is 10. The molecule has 2 aliphatic heterocycles. The van der Waals surface area contributed by atoms with Crippen molar-refractivity contribution in [1.29, 1.82) is 0 Å². The van der Waals surface area contributed by atoms with E-state index in [1.165, 1.54) is 41.3 Å². The number of ether oxygens (including phenoxy) is 3. The molecule has 1 unspecified atom stereocenters. The Bertz CT molecular complexity index is 1680. The second-order valence-corrected chi connectivity index (χ2v) is 10.5. The predicted molar refractivity (Wildman–Crippen MR) is 155 cm³/mol. The molecule has 2 N–H and O–H groups in total. The van der Waals surface area contributed by atoms with Crippen molar-refractivity contribution >= 4 is 44.2 Å². The Hall–Kier alpha value is -4.46. The van der Waals surface area contributed by atoms with Gasteiger partial charge in [0.2, 0.25) is 11.0 Å². The van der Waals surface area contributed by atoms with Crippen molar-refractivity contribution in [3.63, 3.8) is 0 Å². The minimum Gasteiger partial charge on any atom is -0.497 e. The van der Waals surface area contributed by atoms with Crippen molar-refractivity contribution in [3.8, 4) is 11.5 Å². The zero-order valence-electron chi connectivity index (χ0n) is 22.7. The van der Waals surface area contributed by atoms with Crippen LogP contribution in [0.3, 0.4) is 0 Å². The Balaban J connectivity index is 1.46. The van der Waals surface area contributed by atoms with E-state index in [0.717, 1.165) is 10.2 Å². The van der Waals surface area contributed by atoms with Gasteiger partial charge in [-0.25, -0.2) is 20.1 Å². The Kier molecular flexibility index (Phi) is 7.07. The number of benzene rings is 2. The van der Waals surface area contributed by atoms with E-state index in [1.54, 1.807) is 25.1 Å². The molecule has 0 bridgehead atoms. The van der Waals surface area contributed by atoms with E-state index in [0.29, 0.717) is 54.3 Å². The average molecular weight is 577 g/mol. The fourth-order valence-electron chi connectivity index (χ4n) is 5.13. The van der Waals surface area contributed by atoms with Crippen LogP contribution in [0.15, 0.2) is 53.3 Å². The zero-order chi connectivity index (χ0) is 28.7. The van der Waals surface area contributed by atoms with Gasteiger partial charge in [-0.15, -0.1) is 0 Å². The molecular weight excluding hydrogens is 548 g/mol. The van der Waals surface area contributed by atoms with Gasteiger partial charge in [-0.05, 0) is 31.2 Å². The number of fused-ring (bicyclic) bond motifs is 2. The van der Waals surface area contributed by atoms with Gasteiger partial charge in [-0.3, -0.25) is 14.4 Å². The summed E-state index contributed by atoms with van der Waals surface area (Å²) in [6.07, 6.45) is 0. The summed E-state index contributed by atoms with van der Waals surface area (Å²) in [6, 6.07) is 12.8. The van der Waals surface area contributed by atoms with Crippen LogP contribution >= 0.6 is 11.3 Å². The molecule has 2 aromatic heterocycles. The molecule has 0 saturated carbocycles. The number of pyridine rings is 1. The van der Waals surface area contributed by atoms with Gasteiger partial charge in [0.1, 0.15) is 17.5 Å². The molecule has 41 heavy (non-hydrogen) atoms. The van der Waals surface area contributed by atoms with Gasteiger partial charge in [0, 0.05) is 17.7 Å². The number of thiazole rings is 1. The van der Waals surface area contributed by atoms with Gasteiger partial charge in [-0.2, -0.15) is 0 Å². The highest BCUT2D eigenvalue weighted by Crippen LogP contribution is 2.35. The number of carbonyl (C=O) groups is 2. The number of carbonyl (C=O) groups excluding carboxylic acids is 2. The molecule has 1 fully saturated rings. The lowest BCUT2D eigenvalue weighted by molar-refractivity contribution is -0.118. The van der Waals surface area contributed by atoms with Gasteiger partial charge in [-0.1, -0.05) is 23.5 Å². The highest BCUT2D eigenvalue weighted by atomic mass is 32.1. The molecule has 0 spiro atoms. The highest BCUT2D eigenvalue weighted by Gasteiger charge is 2.40. The number of rotatable bonds is 6. The van der Waals surface area contributed by atoms with E-state index < -0.39 is 17.9 Å². The molecule has 4 aromatic rings. The number of hydrogen-bond donors (Lipinski definition) is 2. The summed E-state index contributed by atoms with van der Waals surface area (Å²) in [5.74, 6) is 0.0560. The number of nitrogens with zero attached hydrogens (tertiary/aromatic N) is 4. The van der Waals surface area contributed by atoms with E-state index >= 15 is 0 Å². The van der Waals surface area contributed by atoms with Crippen LogP contribution in [0.1, 0.15) is 27.7 Å². The van der Waals surface area contributed by atoms with Crippen molar-refractivity contribution in [2.75, 3.05) is 55.9 Å². The molecule has 0 aliphatic carbocycles. The van der Waals surface area contributed by atoms with Crippen LogP contribution in [0.25, 0.3) is 10.2 Å². The summed E-state index contributed by atoms with van der Waals surface area (Å²) in [4.78, 5) is 46.0. The second kappa shape index (κ2) is 10.8. The lowest BCUT2D eigenvalue weighted by Gasteiger charge is -2.37. The van der Waals surface area contributed by atoms with E-state index in [1.807, 2.05) is 29.3 Å². The Labute approximate surface area is 239 Å². The second-order valence-electron chi connectivity index (χ2n) is 9.50. The summed E-state index contributed by atoms with van der Waals surface area (Å²) >= 11 is 1.32.